The maximum Gasteiger partial charge on any atom is 0.412 e. The van der Waals surface area contributed by atoms with Crippen molar-refractivity contribution in [2.75, 3.05) is 37.1 Å². The summed E-state index contributed by atoms with van der Waals surface area (Å²) in [7, 11) is 0. The van der Waals surface area contributed by atoms with Gasteiger partial charge in [-0.15, -0.1) is 10.2 Å². The van der Waals surface area contributed by atoms with Crippen LogP contribution in [0.4, 0.5) is 10.5 Å². The van der Waals surface area contributed by atoms with Gasteiger partial charge < -0.3 is 9.22 Å². The second kappa shape index (κ2) is 10.7. The molecule has 3 saturated heterocycles. The van der Waals surface area contributed by atoms with Gasteiger partial charge in [0, 0.05) is 24.4 Å². The number of hydrogen-bond acceptors (Lipinski definition) is 7. The molecule has 3 aromatic rings. The van der Waals surface area contributed by atoms with E-state index in [0.29, 0.717) is 5.92 Å². The number of aromatic nitrogens is 2. The zero-order valence-corrected chi connectivity index (χ0v) is 21.6. The van der Waals surface area contributed by atoms with Crippen molar-refractivity contribution in [3.63, 3.8) is 0 Å². The molecule has 3 aliphatic rings. The molecule has 3 aliphatic heterocycles. The fraction of sp³-hybridized carbons (Fsp3) is 0.400. The number of piperidine rings is 3. The minimum Gasteiger partial charge on any atom is -0.440 e. The largest absolute Gasteiger partial charge is 0.440 e. The van der Waals surface area contributed by atoms with Crippen LogP contribution >= 0.6 is 34.9 Å². The van der Waals surface area contributed by atoms with Gasteiger partial charge in [-0.1, -0.05) is 71.6 Å². The quantitative estimate of drug-likeness (QED) is 0.305. The Morgan fingerprint density at radius 2 is 1.82 bits per heavy atom. The lowest BCUT2D eigenvalue weighted by Gasteiger charge is -2.51. The number of ether oxygens (including phenoxy) is 1. The topological polar surface area (TPSA) is 64.1 Å². The van der Waals surface area contributed by atoms with Gasteiger partial charge in [-0.3, -0.25) is 5.32 Å². The molecular weight excluding hydrogens is 485 g/mol. The number of nitrogens with zero attached hydrogens (tertiary/aromatic N) is 3. The van der Waals surface area contributed by atoms with Gasteiger partial charge in [-0.2, -0.15) is 0 Å². The summed E-state index contributed by atoms with van der Waals surface area (Å²) in [6.45, 7) is 3.17. The van der Waals surface area contributed by atoms with E-state index in [1.165, 1.54) is 5.56 Å². The van der Waals surface area contributed by atoms with Crippen LogP contribution in [0, 0.1) is 5.92 Å². The summed E-state index contributed by atoms with van der Waals surface area (Å²) < 4.78 is 9.04. The molecule has 4 heterocycles. The minimum atomic E-state index is -0.348. The van der Waals surface area contributed by atoms with Crippen molar-refractivity contribution in [1.82, 2.24) is 10.2 Å². The highest BCUT2D eigenvalue weighted by Gasteiger charge is 2.47. The molecule has 0 spiro atoms. The number of anilines is 1. The molecule has 1 aromatic heterocycles. The SMILES string of the molecule is CSc1nnc(SC[N+]23CCC(CC2)C(OC(=O)Nc2ccccc2Cc2ccccc2)C3)s1. The van der Waals surface area contributed by atoms with E-state index in [9.17, 15) is 4.79 Å². The van der Waals surface area contributed by atoms with Gasteiger partial charge in [0.1, 0.15) is 12.4 Å². The van der Waals surface area contributed by atoms with E-state index in [4.69, 9.17) is 4.74 Å². The number of benzene rings is 2. The van der Waals surface area contributed by atoms with E-state index < -0.39 is 0 Å². The summed E-state index contributed by atoms with van der Waals surface area (Å²) in [5.74, 6) is 1.41. The van der Waals surface area contributed by atoms with Crippen molar-refractivity contribution in [3.05, 3.63) is 65.7 Å². The van der Waals surface area contributed by atoms with Crippen molar-refractivity contribution < 1.29 is 14.0 Å². The molecular formula is C25H29N4O2S3+. The summed E-state index contributed by atoms with van der Waals surface area (Å²) >= 11 is 5.08. The van der Waals surface area contributed by atoms with Crippen LogP contribution < -0.4 is 5.32 Å². The van der Waals surface area contributed by atoms with Crippen LogP contribution in [0.2, 0.25) is 0 Å². The second-order valence-electron chi connectivity index (χ2n) is 9.01. The van der Waals surface area contributed by atoms with Gasteiger partial charge in [0.25, 0.3) is 0 Å². The average molecular weight is 514 g/mol. The fourth-order valence-electron chi connectivity index (χ4n) is 4.96. The van der Waals surface area contributed by atoms with E-state index in [0.717, 1.165) is 69.2 Å². The third-order valence-electron chi connectivity index (χ3n) is 6.82. The first-order chi connectivity index (χ1) is 16.6. The van der Waals surface area contributed by atoms with E-state index >= 15 is 0 Å². The molecule has 0 saturated carbocycles. The summed E-state index contributed by atoms with van der Waals surface area (Å²) in [5, 5.41) is 11.5. The number of rotatable bonds is 8. The van der Waals surface area contributed by atoms with Crippen LogP contribution in [0.1, 0.15) is 24.0 Å². The van der Waals surface area contributed by atoms with Gasteiger partial charge in [0.2, 0.25) is 0 Å². The van der Waals surface area contributed by atoms with Crippen LogP contribution in [0.15, 0.2) is 63.3 Å². The van der Waals surface area contributed by atoms with E-state index in [2.05, 4.69) is 33.7 Å². The van der Waals surface area contributed by atoms with Gasteiger partial charge in [0.15, 0.2) is 14.8 Å². The fourth-order valence-corrected chi connectivity index (χ4v) is 7.60. The third kappa shape index (κ3) is 5.59. The van der Waals surface area contributed by atoms with Crippen molar-refractivity contribution in [2.45, 2.75) is 34.0 Å². The van der Waals surface area contributed by atoms with Crippen LogP contribution in [-0.2, 0) is 11.2 Å². The lowest BCUT2D eigenvalue weighted by atomic mass is 9.84. The molecule has 6 nitrogen and oxygen atoms in total. The van der Waals surface area contributed by atoms with Crippen molar-refractivity contribution in [1.29, 1.82) is 0 Å². The molecule has 1 unspecified atom stereocenters. The maximum absolute atomic E-state index is 12.9. The second-order valence-corrected chi connectivity index (χ2v) is 12.2. The number of amides is 1. The number of para-hydroxylation sites is 1. The Balaban J connectivity index is 1.20. The van der Waals surface area contributed by atoms with E-state index in [1.54, 1.807) is 34.9 Å². The number of hydrogen-bond donors (Lipinski definition) is 1. The van der Waals surface area contributed by atoms with E-state index in [1.807, 2.05) is 42.7 Å². The van der Waals surface area contributed by atoms with Crippen molar-refractivity contribution >= 4 is 46.6 Å². The zero-order chi connectivity index (χ0) is 23.4. The number of fused-ring (bicyclic) bond motifs is 3. The number of carbonyl (C=O) groups excluding carboxylic acids is 1. The molecule has 1 atom stereocenters. The van der Waals surface area contributed by atoms with Crippen LogP contribution in [0.5, 0.6) is 0 Å². The molecule has 0 aliphatic carbocycles. The predicted octanol–water partition coefficient (Wildman–Crippen LogP) is 5.76. The Morgan fingerprint density at radius 3 is 2.59 bits per heavy atom. The van der Waals surface area contributed by atoms with Gasteiger partial charge >= 0.3 is 6.09 Å². The van der Waals surface area contributed by atoms with Crippen LogP contribution in [0.3, 0.4) is 0 Å². The smallest absolute Gasteiger partial charge is 0.412 e. The Kier molecular flexibility index (Phi) is 7.43. The first kappa shape index (κ1) is 23.7. The molecule has 3 fully saturated rings. The normalized spacial score (nSPS) is 23.6. The molecule has 0 radical (unpaired) electrons. The highest BCUT2D eigenvalue weighted by atomic mass is 32.2. The summed E-state index contributed by atoms with van der Waals surface area (Å²) in [6.07, 6.45) is 4.62. The van der Waals surface area contributed by atoms with Crippen LogP contribution in [-0.4, -0.2) is 58.6 Å². The summed E-state index contributed by atoms with van der Waals surface area (Å²) in [6, 6.07) is 18.3. The minimum absolute atomic E-state index is 0.0411. The summed E-state index contributed by atoms with van der Waals surface area (Å²) in [5.41, 5.74) is 3.12. The Labute approximate surface area is 213 Å². The van der Waals surface area contributed by atoms with E-state index in [-0.39, 0.29) is 12.2 Å². The molecule has 1 N–H and O–H groups in total. The number of nitrogens with one attached hydrogen (secondary N) is 1. The average Bonchev–Trinajstić information content (AvgIpc) is 3.34. The lowest BCUT2D eigenvalue weighted by molar-refractivity contribution is -0.934. The molecule has 34 heavy (non-hydrogen) atoms. The predicted molar refractivity (Wildman–Crippen MR) is 140 cm³/mol. The molecule has 9 heteroatoms. The standard InChI is InChI=1S/C25H28N4O2S3/c1-32-24-27-28-25(34-24)33-17-29-13-11-19(12-14-29)22(16-29)31-23(30)26-21-10-6-5-9-20(21)15-18-7-3-2-4-8-18/h2-10,19,22H,11-17H2,1H3/p+1. The van der Waals surface area contributed by atoms with Crippen LogP contribution in [0.25, 0.3) is 0 Å². The highest BCUT2D eigenvalue weighted by Crippen LogP contribution is 2.39. The van der Waals surface area contributed by atoms with Gasteiger partial charge in [0.05, 0.1) is 13.1 Å². The van der Waals surface area contributed by atoms with Gasteiger partial charge in [-0.05, 0) is 41.6 Å². The Bertz CT molecular complexity index is 1120. The molecule has 6 rings (SSSR count). The maximum atomic E-state index is 12.9. The highest BCUT2D eigenvalue weighted by molar-refractivity contribution is 8.02. The molecule has 2 bridgehead atoms. The number of carbonyl (C=O) groups is 1. The Morgan fingerprint density at radius 1 is 1.09 bits per heavy atom. The Hall–Kier alpha value is -2.07. The third-order valence-corrected chi connectivity index (χ3v) is 10.1. The zero-order valence-electron chi connectivity index (χ0n) is 19.2. The molecule has 1 amide bonds. The monoisotopic (exact) mass is 513 g/mol. The molecule has 178 valence electrons. The number of quaternary nitrogens is 1. The summed E-state index contributed by atoms with van der Waals surface area (Å²) in [4.78, 5) is 12.9. The lowest BCUT2D eigenvalue weighted by Crippen LogP contribution is -2.64. The van der Waals surface area contributed by atoms with Crippen molar-refractivity contribution in [2.24, 2.45) is 5.92 Å². The number of thioether (sulfide) groups is 2. The first-order valence-electron chi connectivity index (χ1n) is 11.6. The molecule has 2 aromatic carbocycles. The van der Waals surface area contributed by atoms with Gasteiger partial charge in [-0.25, -0.2) is 4.79 Å². The van der Waals surface area contributed by atoms with Crippen molar-refractivity contribution in [3.8, 4) is 0 Å². The first-order valence-corrected chi connectivity index (χ1v) is 14.6.